The summed E-state index contributed by atoms with van der Waals surface area (Å²) in [4.78, 5) is 11.0. The molecule has 0 atom stereocenters. The first-order valence-electron chi connectivity index (χ1n) is 6.28. The first-order chi connectivity index (χ1) is 8.63. The number of piperidine rings is 1. The van der Waals surface area contributed by atoms with Crippen molar-refractivity contribution in [2.24, 2.45) is 5.92 Å². The fourth-order valence-electron chi connectivity index (χ4n) is 2.28. The van der Waals surface area contributed by atoms with Gasteiger partial charge >= 0.3 is 0 Å². The van der Waals surface area contributed by atoms with E-state index in [0.29, 0.717) is 10.9 Å². The number of nitrogens with zero attached hydrogens (tertiary/aromatic N) is 5. The quantitative estimate of drug-likeness (QED) is 0.743. The van der Waals surface area contributed by atoms with Crippen LogP contribution in [0.5, 0.6) is 0 Å². The SMILES string of the molecule is Cc1cc(Cl)n2nc(N3CCC(C)CC3)nc2n1. The lowest BCUT2D eigenvalue weighted by Gasteiger charge is -2.28. The largest absolute Gasteiger partial charge is 0.339 e. The van der Waals surface area contributed by atoms with Gasteiger partial charge in [0.1, 0.15) is 5.15 Å². The van der Waals surface area contributed by atoms with Gasteiger partial charge in [0.2, 0.25) is 5.95 Å². The average molecular weight is 266 g/mol. The van der Waals surface area contributed by atoms with Crippen LogP contribution in [0.2, 0.25) is 5.15 Å². The molecule has 18 heavy (non-hydrogen) atoms. The third kappa shape index (κ3) is 2.03. The first kappa shape index (κ1) is 11.7. The van der Waals surface area contributed by atoms with Crippen LogP contribution in [0.25, 0.3) is 5.78 Å². The molecule has 96 valence electrons. The van der Waals surface area contributed by atoms with Crippen molar-refractivity contribution in [1.82, 2.24) is 19.6 Å². The number of halogens is 1. The van der Waals surface area contributed by atoms with Crippen LogP contribution < -0.4 is 4.90 Å². The number of fused-ring (bicyclic) bond motifs is 1. The number of hydrogen-bond donors (Lipinski definition) is 0. The Balaban J connectivity index is 1.96. The van der Waals surface area contributed by atoms with Gasteiger partial charge in [-0.3, -0.25) is 0 Å². The highest BCUT2D eigenvalue weighted by Crippen LogP contribution is 2.21. The van der Waals surface area contributed by atoms with Crippen LogP contribution in [-0.2, 0) is 0 Å². The van der Waals surface area contributed by atoms with E-state index in [2.05, 4.69) is 26.9 Å². The van der Waals surface area contributed by atoms with Crippen molar-refractivity contribution in [2.45, 2.75) is 26.7 Å². The van der Waals surface area contributed by atoms with Crippen molar-refractivity contribution in [2.75, 3.05) is 18.0 Å². The zero-order valence-electron chi connectivity index (χ0n) is 10.6. The van der Waals surface area contributed by atoms with E-state index in [1.807, 2.05) is 6.92 Å². The molecule has 2 aromatic rings. The summed E-state index contributed by atoms with van der Waals surface area (Å²) < 4.78 is 1.60. The Morgan fingerprint density at radius 1 is 1.28 bits per heavy atom. The summed E-state index contributed by atoms with van der Waals surface area (Å²) in [5, 5.41) is 5.00. The maximum Gasteiger partial charge on any atom is 0.255 e. The van der Waals surface area contributed by atoms with Crippen LogP contribution in [0.3, 0.4) is 0 Å². The summed E-state index contributed by atoms with van der Waals surface area (Å²) in [5.41, 5.74) is 0.860. The van der Waals surface area contributed by atoms with Gasteiger partial charge in [-0.2, -0.15) is 9.50 Å². The summed E-state index contributed by atoms with van der Waals surface area (Å²) in [6.45, 7) is 6.21. The molecule has 1 fully saturated rings. The third-order valence-corrected chi connectivity index (χ3v) is 3.72. The topological polar surface area (TPSA) is 46.3 Å². The summed E-state index contributed by atoms with van der Waals surface area (Å²) in [6, 6.07) is 1.80. The molecule has 3 heterocycles. The zero-order chi connectivity index (χ0) is 12.7. The summed E-state index contributed by atoms with van der Waals surface area (Å²) in [5.74, 6) is 2.11. The average Bonchev–Trinajstić information content (AvgIpc) is 2.74. The molecule has 0 bridgehead atoms. The van der Waals surface area contributed by atoms with Gasteiger partial charge in [0, 0.05) is 18.8 Å². The predicted molar refractivity (Wildman–Crippen MR) is 71.1 cm³/mol. The van der Waals surface area contributed by atoms with Crippen molar-refractivity contribution in [1.29, 1.82) is 0 Å². The number of rotatable bonds is 1. The van der Waals surface area contributed by atoms with Gasteiger partial charge in [0.15, 0.2) is 0 Å². The van der Waals surface area contributed by atoms with Gasteiger partial charge in [-0.25, -0.2) is 4.98 Å². The van der Waals surface area contributed by atoms with E-state index in [1.54, 1.807) is 10.6 Å². The Hall–Kier alpha value is -1.36. The third-order valence-electron chi connectivity index (χ3n) is 3.45. The van der Waals surface area contributed by atoms with Crippen LogP contribution in [0, 0.1) is 12.8 Å². The van der Waals surface area contributed by atoms with E-state index in [1.165, 1.54) is 12.8 Å². The molecule has 3 rings (SSSR count). The van der Waals surface area contributed by atoms with E-state index < -0.39 is 0 Å². The van der Waals surface area contributed by atoms with Crippen LogP contribution in [0.1, 0.15) is 25.5 Å². The maximum absolute atomic E-state index is 6.14. The minimum absolute atomic E-state index is 0.557. The highest BCUT2D eigenvalue weighted by Gasteiger charge is 2.20. The lowest BCUT2D eigenvalue weighted by Crippen LogP contribution is -2.33. The smallest absolute Gasteiger partial charge is 0.255 e. The van der Waals surface area contributed by atoms with Gasteiger partial charge < -0.3 is 4.90 Å². The van der Waals surface area contributed by atoms with Gasteiger partial charge in [0.05, 0.1) is 0 Å². The van der Waals surface area contributed by atoms with E-state index in [-0.39, 0.29) is 0 Å². The molecule has 1 aliphatic rings. The first-order valence-corrected chi connectivity index (χ1v) is 6.66. The Morgan fingerprint density at radius 2 is 2.00 bits per heavy atom. The Bertz CT molecular complexity index is 571. The highest BCUT2D eigenvalue weighted by atomic mass is 35.5. The van der Waals surface area contributed by atoms with Crippen molar-refractivity contribution in [3.05, 3.63) is 16.9 Å². The van der Waals surface area contributed by atoms with Gasteiger partial charge in [-0.1, -0.05) is 18.5 Å². The molecule has 6 heteroatoms. The van der Waals surface area contributed by atoms with Crippen molar-refractivity contribution < 1.29 is 0 Å². The molecule has 0 saturated carbocycles. The number of hydrogen-bond acceptors (Lipinski definition) is 4. The normalized spacial score (nSPS) is 17.6. The number of aryl methyl sites for hydroxylation is 1. The van der Waals surface area contributed by atoms with Gasteiger partial charge in [-0.05, 0) is 31.7 Å². The lowest BCUT2D eigenvalue weighted by molar-refractivity contribution is 0.434. The van der Waals surface area contributed by atoms with Crippen LogP contribution in [0.4, 0.5) is 5.95 Å². The molecule has 1 aliphatic heterocycles. The fourth-order valence-corrected chi connectivity index (χ4v) is 2.55. The number of anilines is 1. The molecule has 5 nitrogen and oxygen atoms in total. The summed E-state index contributed by atoms with van der Waals surface area (Å²) >= 11 is 6.14. The maximum atomic E-state index is 6.14. The Kier molecular flexibility index (Phi) is 2.86. The van der Waals surface area contributed by atoms with E-state index in [0.717, 1.165) is 30.6 Å². The van der Waals surface area contributed by atoms with E-state index in [4.69, 9.17) is 11.6 Å². The monoisotopic (exact) mass is 265 g/mol. The molecule has 0 spiro atoms. The van der Waals surface area contributed by atoms with E-state index >= 15 is 0 Å². The van der Waals surface area contributed by atoms with Crippen molar-refractivity contribution in [3.8, 4) is 0 Å². The lowest BCUT2D eigenvalue weighted by atomic mass is 10.00. The predicted octanol–water partition coefficient (Wildman–Crippen LogP) is 2.32. The van der Waals surface area contributed by atoms with Crippen molar-refractivity contribution >= 4 is 23.3 Å². The molecular weight excluding hydrogens is 250 g/mol. The summed E-state index contributed by atoms with van der Waals surface area (Å²) in [7, 11) is 0. The van der Waals surface area contributed by atoms with Crippen LogP contribution in [0.15, 0.2) is 6.07 Å². The fraction of sp³-hybridized carbons (Fsp3) is 0.583. The standard InChI is InChI=1S/C12H16ClN5/c1-8-3-5-17(6-4-8)12-15-11-14-9(2)7-10(13)18(11)16-12/h7-8H,3-6H2,1-2H3. The Morgan fingerprint density at radius 3 is 2.72 bits per heavy atom. The minimum Gasteiger partial charge on any atom is -0.339 e. The summed E-state index contributed by atoms with van der Waals surface area (Å²) in [6.07, 6.45) is 2.38. The second-order valence-corrected chi connectivity index (χ2v) is 5.40. The molecule has 2 aromatic heterocycles. The minimum atomic E-state index is 0.557. The molecule has 0 radical (unpaired) electrons. The highest BCUT2D eigenvalue weighted by molar-refractivity contribution is 6.29. The van der Waals surface area contributed by atoms with E-state index in [9.17, 15) is 0 Å². The second kappa shape index (κ2) is 4.39. The van der Waals surface area contributed by atoms with Crippen molar-refractivity contribution in [3.63, 3.8) is 0 Å². The molecule has 0 aromatic carbocycles. The van der Waals surface area contributed by atoms with Gasteiger partial charge in [-0.15, -0.1) is 5.10 Å². The van der Waals surface area contributed by atoms with Crippen LogP contribution >= 0.6 is 11.6 Å². The molecule has 1 saturated heterocycles. The Labute approximate surface area is 111 Å². The zero-order valence-corrected chi connectivity index (χ0v) is 11.4. The van der Waals surface area contributed by atoms with Gasteiger partial charge in [0.25, 0.3) is 5.78 Å². The molecular formula is C12H16ClN5. The molecule has 0 amide bonds. The van der Waals surface area contributed by atoms with Crippen LogP contribution in [-0.4, -0.2) is 32.7 Å². The molecule has 0 N–H and O–H groups in total. The number of aromatic nitrogens is 4. The molecule has 0 aliphatic carbocycles. The molecule has 0 unspecified atom stereocenters. The second-order valence-electron chi connectivity index (χ2n) is 5.01.